The van der Waals surface area contributed by atoms with Crippen LogP contribution in [0.15, 0.2) is 60.7 Å². The lowest BCUT2D eigenvalue weighted by molar-refractivity contribution is 0.0525. The molecular formula is C30H45NO2. The molecule has 2 aromatic rings. The highest BCUT2D eigenvalue weighted by Crippen LogP contribution is 2.23. The van der Waals surface area contributed by atoms with Crippen LogP contribution in [0.5, 0.6) is 0 Å². The molecule has 0 heterocycles. The van der Waals surface area contributed by atoms with E-state index >= 15 is 0 Å². The summed E-state index contributed by atoms with van der Waals surface area (Å²) in [6.07, 6.45) is 10.7. The fourth-order valence-corrected chi connectivity index (χ4v) is 4.27. The second-order valence-electron chi connectivity index (χ2n) is 10.5. The maximum absolute atomic E-state index is 11.8. The van der Waals surface area contributed by atoms with Gasteiger partial charge < -0.3 is 10.1 Å². The zero-order valence-corrected chi connectivity index (χ0v) is 21.3. The van der Waals surface area contributed by atoms with E-state index in [1.54, 1.807) is 0 Å². The Labute approximate surface area is 202 Å². The highest BCUT2D eigenvalue weighted by Gasteiger charge is 2.16. The van der Waals surface area contributed by atoms with E-state index < -0.39 is 5.60 Å². The Morgan fingerprint density at radius 2 is 1.30 bits per heavy atom. The van der Waals surface area contributed by atoms with Gasteiger partial charge in [0.05, 0.1) is 0 Å². The zero-order valence-electron chi connectivity index (χ0n) is 21.3. The molecular weight excluding hydrogens is 406 g/mol. The minimum Gasteiger partial charge on any atom is -0.444 e. The van der Waals surface area contributed by atoms with Gasteiger partial charge in [0.2, 0.25) is 0 Å². The number of ether oxygens (including phenoxy) is 1. The van der Waals surface area contributed by atoms with Crippen LogP contribution < -0.4 is 5.32 Å². The predicted molar refractivity (Wildman–Crippen MR) is 140 cm³/mol. The molecule has 182 valence electrons. The SMILES string of the molecule is C[C@H](CCCCC(CCc1ccccc1)CCc1ccccc1)CCNC(=O)OC(C)(C)C. The average molecular weight is 452 g/mol. The number of alkyl carbamates (subject to hydrolysis) is 1. The summed E-state index contributed by atoms with van der Waals surface area (Å²) in [5.41, 5.74) is 2.47. The number of unbranched alkanes of at least 4 members (excludes halogenated alkanes) is 1. The van der Waals surface area contributed by atoms with Gasteiger partial charge in [0.1, 0.15) is 5.60 Å². The molecule has 0 spiro atoms. The van der Waals surface area contributed by atoms with Gasteiger partial charge in [-0.05, 0) is 75.8 Å². The van der Waals surface area contributed by atoms with E-state index in [0.717, 1.165) is 12.3 Å². The van der Waals surface area contributed by atoms with E-state index in [2.05, 4.69) is 72.9 Å². The molecule has 0 aliphatic heterocycles. The van der Waals surface area contributed by atoms with Gasteiger partial charge in [0.25, 0.3) is 0 Å². The van der Waals surface area contributed by atoms with Crippen molar-refractivity contribution in [2.45, 2.75) is 91.1 Å². The number of rotatable bonds is 14. The van der Waals surface area contributed by atoms with Crippen molar-refractivity contribution in [1.29, 1.82) is 0 Å². The Morgan fingerprint density at radius 3 is 1.82 bits per heavy atom. The van der Waals surface area contributed by atoms with Gasteiger partial charge in [0.15, 0.2) is 0 Å². The van der Waals surface area contributed by atoms with Crippen molar-refractivity contribution in [2.24, 2.45) is 11.8 Å². The van der Waals surface area contributed by atoms with Crippen LogP contribution in [0, 0.1) is 11.8 Å². The Balaban J connectivity index is 1.68. The van der Waals surface area contributed by atoms with E-state index in [0.29, 0.717) is 12.5 Å². The molecule has 0 aliphatic carbocycles. The van der Waals surface area contributed by atoms with Gasteiger partial charge in [-0.1, -0.05) is 93.3 Å². The second-order valence-corrected chi connectivity index (χ2v) is 10.5. The Bertz CT molecular complexity index is 723. The lowest BCUT2D eigenvalue weighted by Gasteiger charge is -2.20. The normalized spacial score (nSPS) is 12.5. The molecule has 0 bridgehead atoms. The monoisotopic (exact) mass is 451 g/mol. The minimum absolute atomic E-state index is 0.311. The smallest absolute Gasteiger partial charge is 0.407 e. The van der Waals surface area contributed by atoms with Crippen LogP contribution in [0.25, 0.3) is 0 Å². The van der Waals surface area contributed by atoms with E-state index in [1.165, 1.54) is 62.5 Å². The van der Waals surface area contributed by atoms with Gasteiger partial charge in [-0.2, -0.15) is 0 Å². The fourth-order valence-electron chi connectivity index (χ4n) is 4.27. The fraction of sp³-hybridized carbons (Fsp3) is 0.567. The van der Waals surface area contributed by atoms with Gasteiger partial charge in [-0.3, -0.25) is 0 Å². The summed E-state index contributed by atoms with van der Waals surface area (Å²) in [4.78, 5) is 11.8. The van der Waals surface area contributed by atoms with Crippen LogP contribution in [0.1, 0.15) is 83.8 Å². The Kier molecular flexibility index (Phi) is 12.1. The summed E-state index contributed by atoms with van der Waals surface area (Å²) in [6.45, 7) is 8.65. The van der Waals surface area contributed by atoms with Gasteiger partial charge >= 0.3 is 6.09 Å². The summed E-state index contributed by atoms with van der Waals surface area (Å²) in [6, 6.07) is 21.8. The summed E-state index contributed by atoms with van der Waals surface area (Å²) in [5, 5.41) is 2.88. The van der Waals surface area contributed by atoms with Gasteiger partial charge in [-0.15, -0.1) is 0 Å². The van der Waals surface area contributed by atoms with Crippen LogP contribution in [0.4, 0.5) is 4.79 Å². The predicted octanol–water partition coefficient (Wildman–Crippen LogP) is 7.98. The van der Waals surface area contributed by atoms with Crippen molar-refractivity contribution >= 4 is 6.09 Å². The number of hydrogen-bond acceptors (Lipinski definition) is 2. The molecule has 0 saturated heterocycles. The van der Waals surface area contributed by atoms with E-state index in [9.17, 15) is 4.79 Å². The molecule has 0 aromatic heterocycles. The highest BCUT2D eigenvalue weighted by atomic mass is 16.6. The van der Waals surface area contributed by atoms with Crippen molar-refractivity contribution in [3.05, 3.63) is 71.8 Å². The first-order chi connectivity index (χ1) is 15.8. The van der Waals surface area contributed by atoms with Crippen molar-refractivity contribution in [2.75, 3.05) is 6.54 Å². The number of aryl methyl sites for hydroxylation is 2. The molecule has 1 atom stereocenters. The van der Waals surface area contributed by atoms with Gasteiger partial charge in [0, 0.05) is 6.54 Å². The van der Waals surface area contributed by atoms with Crippen LogP contribution in [-0.4, -0.2) is 18.2 Å². The first-order valence-electron chi connectivity index (χ1n) is 12.9. The summed E-state index contributed by atoms with van der Waals surface area (Å²) >= 11 is 0. The third kappa shape index (κ3) is 13.1. The molecule has 0 radical (unpaired) electrons. The first kappa shape index (κ1) is 27.0. The van der Waals surface area contributed by atoms with E-state index in [4.69, 9.17) is 4.74 Å². The maximum atomic E-state index is 11.8. The largest absolute Gasteiger partial charge is 0.444 e. The van der Waals surface area contributed by atoms with Crippen molar-refractivity contribution in [3.8, 4) is 0 Å². The van der Waals surface area contributed by atoms with Crippen LogP contribution in [-0.2, 0) is 17.6 Å². The molecule has 0 saturated carbocycles. The molecule has 1 amide bonds. The molecule has 3 heteroatoms. The number of carbonyl (C=O) groups is 1. The number of benzene rings is 2. The lowest BCUT2D eigenvalue weighted by Crippen LogP contribution is -2.33. The summed E-state index contributed by atoms with van der Waals surface area (Å²) in [7, 11) is 0. The Hall–Kier alpha value is -2.29. The standard InChI is InChI=1S/C30H45NO2/c1-25(23-24-31-29(32)33-30(2,3)4)13-11-12-18-28(21-19-26-14-7-5-8-15-26)22-20-27-16-9-6-10-17-27/h5-10,14-17,25,28H,11-13,18-24H2,1-4H3,(H,31,32)/t25-/m1/s1. The van der Waals surface area contributed by atoms with Crippen molar-refractivity contribution < 1.29 is 9.53 Å². The molecule has 33 heavy (non-hydrogen) atoms. The molecule has 0 fully saturated rings. The third-order valence-corrected chi connectivity index (χ3v) is 6.23. The zero-order chi connectivity index (χ0) is 23.9. The number of amides is 1. The number of nitrogens with one attached hydrogen (secondary N) is 1. The molecule has 0 aliphatic rings. The van der Waals surface area contributed by atoms with Crippen LogP contribution >= 0.6 is 0 Å². The van der Waals surface area contributed by atoms with Crippen LogP contribution in [0.3, 0.4) is 0 Å². The van der Waals surface area contributed by atoms with E-state index in [1.807, 2.05) is 20.8 Å². The third-order valence-electron chi connectivity index (χ3n) is 6.23. The molecule has 3 nitrogen and oxygen atoms in total. The second kappa shape index (κ2) is 14.8. The highest BCUT2D eigenvalue weighted by molar-refractivity contribution is 5.67. The molecule has 1 N–H and O–H groups in total. The topological polar surface area (TPSA) is 38.3 Å². The number of hydrogen-bond donors (Lipinski definition) is 1. The molecule has 0 unspecified atom stereocenters. The first-order valence-corrected chi connectivity index (χ1v) is 12.9. The quantitative estimate of drug-likeness (QED) is 0.296. The minimum atomic E-state index is -0.437. The summed E-state index contributed by atoms with van der Waals surface area (Å²) < 4.78 is 5.30. The van der Waals surface area contributed by atoms with Crippen molar-refractivity contribution in [3.63, 3.8) is 0 Å². The van der Waals surface area contributed by atoms with Gasteiger partial charge in [-0.25, -0.2) is 4.79 Å². The van der Waals surface area contributed by atoms with Crippen LogP contribution in [0.2, 0.25) is 0 Å². The number of carbonyl (C=O) groups excluding carboxylic acids is 1. The molecule has 2 aromatic carbocycles. The summed E-state index contributed by atoms with van der Waals surface area (Å²) in [5.74, 6) is 1.39. The molecule has 2 rings (SSSR count). The Morgan fingerprint density at radius 1 is 0.788 bits per heavy atom. The lowest BCUT2D eigenvalue weighted by atomic mass is 9.88. The maximum Gasteiger partial charge on any atom is 0.407 e. The van der Waals surface area contributed by atoms with E-state index in [-0.39, 0.29) is 6.09 Å². The average Bonchev–Trinajstić information content (AvgIpc) is 2.78. The van der Waals surface area contributed by atoms with Crippen molar-refractivity contribution in [1.82, 2.24) is 5.32 Å².